The minimum absolute atomic E-state index is 0.00644. The van der Waals surface area contributed by atoms with Crippen LogP contribution in [0.4, 0.5) is 8.78 Å². The monoisotopic (exact) mass is 403 g/mol. The van der Waals surface area contributed by atoms with E-state index in [0.29, 0.717) is 5.56 Å². The molecule has 0 aliphatic heterocycles. The summed E-state index contributed by atoms with van der Waals surface area (Å²) in [6, 6.07) is 20.8. The summed E-state index contributed by atoms with van der Waals surface area (Å²) < 4.78 is 57.6. The van der Waals surface area contributed by atoms with E-state index in [4.69, 9.17) is 0 Å². The molecule has 3 aromatic carbocycles. The summed E-state index contributed by atoms with van der Waals surface area (Å²) in [7, 11) is -3.80. The molecule has 0 aliphatic rings. The van der Waals surface area contributed by atoms with Crippen LogP contribution in [0.3, 0.4) is 0 Å². The average molecular weight is 403 g/mol. The Morgan fingerprint density at radius 1 is 0.821 bits per heavy atom. The standard InChI is InChI=1S/C21H19F2NO3S/c1-15-7-13-19(14-8-15)28(25,26)24-20(16-5-3-2-4-6-16)17-9-11-18(12-10-17)27-21(22)23/h2-14,20-21,24H,1H3/t20-/m0/s1. The van der Waals surface area contributed by atoms with Gasteiger partial charge in [0.1, 0.15) is 5.75 Å². The molecular formula is C21H19F2NO3S. The smallest absolute Gasteiger partial charge is 0.387 e. The highest BCUT2D eigenvalue weighted by Gasteiger charge is 2.23. The summed E-state index contributed by atoms with van der Waals surface area (Å²) in [6.45, 7) is -1.05. The fourth-order valence-corrected chi connectivity index (χ4v) is 3.97. The van der Waals surface area contributed by atoms with Gasteiger partial charge in [0.2, 0.25) is 10.0 Å². The van der Waals surface area contributed by atoms with Crippen LogP contribution >= 0.6 is 0 Å². The van der Waals surface area contributed by atoms with Gasteiger partial charge in [0.25, 0.3) is 0 Å². The van der Waals surface area contributed by atoms with Crippen LogP contribution in [-0.2, 0) is 10.0 Å². The second-order valence-electron chi connectivity index (χ2n) is 6.23. The Balaban J connectivity index is 1.95. The first-order valence-electron chi connectivity index (χ1n) is 8.54. The fourth-order valence-electron chi connectivity index (χ4n) is 2.76. The number of sulfonamides is 1. The first-order valence-corrected chi connectivity index (χ1v) is 10.0. The molecule has 0 aliphatic carbocycles. The second-order valence-corrected chi connectivity index (χ2v) is 7.94. The van der Waals surface area contributed by atoms with Gasteiger partial charge in [-0.1, -0.05) is 60.2 Å². The van der Waals surface area contributed by atoms with Crippen molar-refractivity contribution >= 4 is 10.0 Å². The van der Waals surface area contributed by atoms with E-state index in [1.54, 1.807) is 60.7 Å². The van der Waals surface area contributed by atoms with Crippen LogP contribution in [0.15, 0.2) is 83.8 Å². The predicted molar refractivity (Wildman–Crippen MR) is 103 cm³/mol. The van der Waals surface area contributed by atoms with E-state index in [0.717, 1.165) is 11.1 Å². The number of rotatable bonds is 7. The van der Waals surface area contributed by atoms with Crippen molar-refractivity contribution in [2.24, 2.45) is 0 Å². The zero-order valence-corrected chi connectivity index (χ0v) is 15.9. The fraction of sp³-hybridized carbons (Fsp3) is 0.143. The molecule has 1 atom stereocenters. The predicted octanol–water partition coefficient (Wildman–Crippen LogP) is 4.66. The summed E-state index contributed by atoms with van der Waals surface area (Å²) in [4.78, 5) is 0.150. The highest BCUT2D eigenvalue weighted by Crippen LogP contribution is 2.27. The van der Waals surface area contributed by atoms with Gasteiger partial charge in [0, 0.05) is 0 Å². The molecule has 0 bridgehead atoms. The van der Waals surface area contributed by atoms with Crippen LogP contribution in [-0.4, -0.2) is 15.0 Å². The molecule has 0 amide bonds. The molecule has 146 valence electrons. The lowest BCUT2D eigenvalue weighted by atomic mass is 10.00. The van der Waals surface area contributed by atoms with Crippen molar-refractivity contribution in [2.75, 3.05) is 0 Å². The summed E-state index contributed by atoms with van der Waals surface area (Å²) in [5.41, 5.74) is 2.28. The minimum atomic E-state index is -3.80. The number of benzene rings is 3. The Bertz CT molecular complexity index is 1010. The third kappa shape index (κ3) is 4.94. The van der Waals surface area contributed by atoms with Crippen LogP contribution in [0.1, 0.15) is 22.7 Å². The van der Waals surface area contributed by atoms with Crippen LogP contribution in [0.25, 0.3) is 0 Å². The molecule has 0 saturated carbocycles. The van der Waals surface area contributed by atoms with Gasteiger partial charge in [-0.15, -0.1) is 0 Å². The molecule has 28 heavy (non-hydrogen) atoms. The van der Waals surface area contributed by atoms with E-state index in [2.05, 4.69) is 9.46 Å². The van der Waals surface area contributed by atoms with Gasteiger partial charge >= 0.3 is 6.61 Å². The van der Waals surface area contributed by atoms with Gasteiger partial charge in [-0.3, -0.25) is 0 Å². The van der Waals surface area contributed by atoms with E-state index >= 15 is 0 Å². The van der Waals surface area contributed by atoms with Crippen LogP contribution < -0.4 is 9.46 Å². The van der Waals surface area contributed by atoms with Crippen molar-refractivity contribution in [1.82, 2.24) is 4.72 Å². The molecule has 3 aromatic rings. The second kappa shape index (κ2) is 8.50. The summed E-state index contributed by atoms with van der Waals surface area (Å²) in [6.07, 6.45) is 0. The van der Waals surface area contributed by atoms with E-state index in [-0.39, 0.29) is 10.6 Å². The van der Waals surface area contributed by atoms with Crippen LogP contribution in [0.2, 0.25) is 0 Å². The van der Waals surface area contributed by atoms with E-state index in [9.17, 15) is 17.2 Å². The zero-order valence-electron chi connectivity index (χ0n) is 15.0. The largest absolute Gasteiger partial charge is 0.435 e. The van der Waals surface area contributed by atoms with Crippen molar-refractivity contribution in [3.05, 3.63) is 95.6 Å². The molecule has 0 heterocycles. The molecule has 3 rings (SSSR count). The number of nitrogens with one attached hydrogen (secondary N) is 1. The molecule has 4 nitrogen and oxygen atoms in total. The average Bonchev–Trinajstić information content (AvgIpc) is 2.67. The minimum Gasteiger partial charge on any atom is -0.435 e. The Kier molecular flexibility index (Phi) is 6.06. The summed E-state index contributed by atoms with van der Waals surface area (Å²) in [5.74, 6) is 0.00644. The molecule has 0 fully saturated rings. The van der Waals surface area contributed by atoms with Gasteiger partial charge < -0.3 is 4.74 Å². The van der Waals surface area contributed by atoms with E-state index in [1.165, 1.54) is 12.1 Å². The zero-order chi connectivity index (χ0) is 20.1. The maximum absolute atomic E-state index is 12.9. The van der Waals surface area contributed by atoms with E-state index < -0.39 is 22.7 Å². The topological polar surface area (TPSA) is 55.4 Å². The van der Waals surface area contributed by atoms with Crippen molar-refractivity contribution < 1.29 is 21.9 Å². The van der Waals surface area contributed by atoms with Gasteiger partial charge in [-0.2, -0.15) is 13.5 Å². The lowest BCUT2D eigenvalue weighted by Gasteiger charge is -2.20. The van der Waals surface area contributed by atoms with Crippen molar-refractivity contribution in [2.45, 2.75) is 24.5 Å². The molecular weight excluding hydrogens is 384 g/mol. The van der Waals surface area contributed by atoms with Crippen molar-refractivity contribution in [3.63, 3.8) is 0 Å². The maximum atomic E-state index is 12.9. The molecule has 0 unspecified atom stereocenters. The SMILES string of the molecule is Cc1ccc(S(=O)(=O)N[C@@H](c2ccccc2)c2ccc(OC(F)F)cc2)cc1. The van der Waals surface area contributed by atoms with Gasteiger partial charge in [0.15, 0.2) is 0 Å². The van der Waals surface area contributed by atoms with Crippen LogP contribution in [0.5, 0.6) is 5.75 Å². The summed E-state index contributed by atoms with van der Waals surface area (Å²) >= 11 is 0. The normalized spacial score (nSPS) is 12.7. The molecule has 0 aromatic heterocycles. The number of ether oxygens (including phenoxy) is 1. The molecule has 0 radical (unpaired) electrons. The molecule has 0 saturated heterocycles. The summed E-state index contributed by atoms with van der Waals surface area (Å²) in [5, 5.41) is 0. The maximum Gasteiger partial charge on any atom is 0.387 e. The number of halogens is 2. The number of aryl methyl sites for hydroxylation is 1. The van der Waals surface area contributed by atoms with Gasteiger partial charge in [0.05, 0.1) is 10.9 Å². The third-order valence-electron chi connectivity index (χ3n) is 4.18. The highest BCUT2D eigenvalue weighted by atomic mass is 32.2. The Hall–Kier alpha value is -2.77. The van der Waals surface area contributed by atoms with Gasteiger partial charge in [-0.25, -0.2) is 8.42 Å². The third-order valence-corrected chi connectivity index (χ3v) is 5.61. The number of hydrogen-bond donors (Lipinski definition) is 1. The van der Waals surface area contributed by atoms with E-state index in [1.807, 2.05) is 13.0 Å². The Labute approximate surface area is 162 Å². The first kappa shape index (κ1) is 20.0. The molecule has 0 spiro atoms. The quantitative estimate of drug-likeness (QED) is 0.624. The van der Waals surface area contributed by atoms with Gasteiger partial charge in [-0.05, 0) is 42.3 Å². The Morgan fingerprint density at radius 3 is 1.96 bits per heavy atom. The highest BCUT2D eigenvalue weighted by molar-refractivity contribution is 7.89. The van der Waals surface area contributed by atoms with Crippen LogP contribution in [0, 0.1) is 6.92 Å². The molecule has 1 N–H and O–H groups in total. The van der Waals surface area contributed by atoms with Crippen molar-refractivity contribution in [3.8, 4) is 5.75 Å². The number of hydrogen-bond acceptors (Lipinski definition) is 3. The lowest BCUT2D eigenvalue weighted by molar-refractivity contribution is -0.0498. The number of alkyl halides is 2. The first-order chi connectivity index (χ1) is 13.3. The van der Waals surface area contributed by atoms with Crippen molar-refractivity contribution in [1.29, 1.82) is 0 Å². The molecule has 7 heteroatoms. The lowest BCUT2D eigenvalue weighted by Crippen LogP contribution is -2.29. The Morgan fingerprint density at radius 2 is 1.39 bits per heavy atom.